The molecule has 0 amide bonds. The van der Waals surface area contributed by atoms with E-state index in [1.807, 2.05) is 17.0 Å². The maximum absolute atomic E-state index is 12.6. The van der Waals surface area contributed by atoms with Crippen LogP contribution in [0.1, 0.15) is 5.56 Å². The Morgan fingerprint density at radius 1 is 1.03 bits per heavy atom. The van der Waals surface area contributed by atoms with E-state index >= 15 is 0 Å². The second-order valence-electron chi connectivity index (χ2n) is 6.99. The summed E-state index contributed by atoms with van der Waals surface area (Å²) in [4.78, 5) is 18.2. The predicted molar refractivity (Wildman–Crippen MR) is 111 cm³/mol. The van der Waals surface area contributed by atoms with E-state index in [4.69, 9.17) is 0 Å². The number of aromatic amines is 2. The Hall–Kier alpha value is -3.82. The van der Waals surface area contributed by atoms with Gasteiger partial charge in [0.1, 0.15) is 28.8 Å². The van der Waals surface area contributed by atoms with Crippen molar-refractivity contribution in [2.75, 3.05) is 31.1 Å². The minimum absolute atomic E-state index is 0.168. The Morgan fingerprint density at radius 2 is 1.87 bits per heavy atom. The minimum Gasteiger partial charge on any atom is -0.354 e. The Kier molecular flexibility index (Phi) is 4.61. The largest absolute Gasteiger partial charge is 0.354 e. The third kappa shape index (κ3) is 3.29. The average molecular weight is 435 g/mol. The fourth-order valence-electron chi connectivity index (χ4n) is 3.67. The van der Waals surface area contributed by atoms with E-state index in [-0.39, 0.29) is 4.90 Å². The van der Waals surface area contributed by atoms with Gasteiger partial charge in [-0.15, -0.1) is 0 Å². The van der Waals surface area contributed by atoms with E-state index in [1.54, 1.807) is 12.4 Å². The zero-order valence-electron chi connectivity index (χ0n) is 16.2. The van der Waals surface area contributed by atoms with Crippen LogP contribution in [0, 0.1) is 11.3 Å². The number of nitrogens with zero attached hydrogens (tertiary/aromatic N) is 7. The van der Waals surface area contributed by atoms with Crippen LogP contribution in [-0.4, -0.2) is 69.0 Å². The van der Waals surface area contributed by atoms with Crippen molar-refractivity contribution in [1.29, 1.82) is 5.26 Å². The standard InChI is InChI=1S/C19H17N9O2S/c20-7-14-9-22-19-17(14)18(23-12-24-19)13-1-2-16(21-8-13)27-3-5-28(6-4-27)31(29,30)15-10-25-26-11-15/h1-2,8-12H,3-6H2,(H,25,26)(H,22,23,24). The second-order valence-corrected chi connectivity index (χ2v) is 8.93. The van der Waals surface area contributed by atoms with Gasteiger partial charge in [-0.3, -0.25) is 5.10 Å². The second kappa shape index (κ2) is 7.46. The number of piperazine rings is 1. The van der Waals surface area contributed by atoms with E-state index in [1.165, 1.54) is 23.0 Å². The number of nitriles is 1. The number of anilines is 1. The summed E-state index contributed by atoms with van der Waals surface area (Å²) in [5.74, 6) is 0.754. The van der Waals surface area contributed by atoms with Crippen molar-refractivity contribution >= 4 is 26.9 Å². The first-order valence-corrected chi connectivity index (χ1v) is 10.9. The highest BCUT2D eigenvalue weighted by molar-refractivity contribution is 7.89. The van der Waals surface area contributed by atoms with E-state index in [2.05, 4.69) is 36.2 Å². The Labute approximate surface area is 177 Å². The first kappa shape index (κ1) is 19.2. The molecule has 4 aromatic heterocycles. The summed E-state index contributed by atoms with van der Waals surface area (Å²) in [6.45, 7) is 1.77. The summed E-state index contributed by atoms with van der Waals surface area (Å²) < 4.78 is 26.7. The first-order valence-electron chi connectivity index (χ1n) is 9.50. The van der Waals surface area contributed by atoms with Gasteiger partial charge < -0.3 is 9.88 Å². The van der Waals surface area contributed by atoms with Crippen LogP contribution in [0.25, 0.3) is 22.3 Å². The van der Waals surface area contributed by atoms with Crippen LogP contribution < -0.4 is 4.90 Å². The summed E-state index contributed by atoms with van der Waals surface area (Å²) in [5.41, 5.74) is 2.48. The number of pyridine rings is 1. The highest BCUT2D eigenvalue weighted by atomic mass is 32.2. The highest BCUT2D eigenvalue weighted by Gasteiger charge is 2.29. The number of sulfonamides is 1. The van der Waals surface area contributed by atoms with Gasteiger partial charge in [0, 0.05) is 50.3 Å². The molecule has 12 heteroatoms. The number of fused-ring (bicyclic) bond motifs is 1. The molecule has 0 aliphatic carbocycles. The molecule has 0 unspecified atom stereocenters. The maximum Gasteiger partial charge on any atom is 0.246 e. The zero-order chi connectivity index (χ0) is 21.4. The van der Waals surface area contributed by atoms with Gasteiger partial charge in [0.15, 0.2) is 0 Å². The van der Waals surface area contributed by atoms with Gasteiger partial charge in [-0.05, 0) is 12.1 Å². The summed E-state index contributed by atoms with van der Waals surface area (Å²) in [7, 11) is -3.54. The molecule has 1 saturated heterocycles. The zero-order valence-corrected chi connectivity index (χ0v) is 17.0. The Balaban J connectivity index is 1.34. The fourth-order valence-corrected chi connectivity index (χ4v) is 5.00. The first-order chi connectivity index (χ1) is 15.1. The number of hydrogen-bond donors (Lipinski definition) is 2. The molecule has 0 radical (unpaired) electrons. The lowest BCUT2D eigenvalue weighted by molar-refractivity contribution is 0.384. The molecule has 1 aliphatic rings. The molecule has 1 fully saturated rings. The molecule has 0 bridgehead atoms. The minimum atomic E-state index is -3.54. The molecule has 2 N–H and O–H groups in total. The Morgan fingerprint density at radius 3 is 2.55 bits per heavy atom. The SMILES string of the molecule is N#Cc1c[nH]c2ncnc(-c3ccc(N4CCN(S(=O)(=O)c5cn[nH]c5)CC4)nc3)c12. The summed E-state index contributed by atoms with van der Waals surface area (Å²) in [6, 6.07) is 5.92. The molecule has 0 atom stereocenters. The lowest BCUT2D eigenvalue weighted by Crippen LogP contribution is -2.48. The number of hydrogen-bond acceptors (Lipinski definition) is 8. The van der Waals surface area contributed by atoms with Gasteiger partial charge in [0.25, 0.3) is 0 Å². The van der Waals surface area contributed by atoms with Crippen molar-refractivity contribution in [3.63, 3.8) is 0 Å². The van der Waals surface area contributed by atoms with Crippen molar-refractivity contribution in [3.8, 4) is 17.3 Å². The van der Waals surface area contributed by atoms with E-state index in [9.17, 15) is 13.7 Å². The average Bonchev–Trinajstić information content (AvgIpc) is 3.50. The van der Waals surface area contributed by atoms with Crippen LogP contribution in [0.4, 0.5) is 5.82 Å². The molecule has 1 aliphatic heterocycles. The molecule has 0 saturated carbocycles. The predicted octanol–water partition coefficient (Wildman–Crippen LogP) is 1.13. The molecule has 5 rings (SSSR count). The summed E-state index contributed by atoms with van der Waals surface area (Å²) in [5, 5.41) is 16.3. The topological polar surface area (TPSA) is 148 Å². The summed E-state index contributed by atoms with van der Waals surface area (Å²) in [6.07, 6.45) is 7.47. The van der Waals surface area contributed by atoms with Crippen molar-refractivity contribution in [2.24, 2.45) is 0 Å². The third-order valence-electron chi connectivity index (χ3n) is 5.29. The van der Waals surface area contributed by atoms with Crippen molar-refractivity contribution in [1.82, 2.24) is 34.4 Å². The molecular weight excluding hydrogens is 418 g/mol. The molecule has 11 nitrogen and oxygen atoms in total. The maximum atomic E-state index is 12.6. The van der Waals surface area contributed by atoms with Crippen LogP contribution in [0.5, 0.6) is 0 Å². The van der Waals surface area contributed by atoms with Gasteiger partial charge in [-0.1, -0.05) is 0 Å². The van der Waals surface area contributed by atoms with Gasteiger partial charge in [0.05, 0.1) is 22.8 Å². The molecule has 0 aromatic carbocycles. The number of aromatic nitrogens is 6. The molecule has 156 valence electrons. The smallest absolute Gasteiger partial charge is 0.246 e. The van der Waals surface area contributed by atoms with Crippen LogP contribution in [-0.2, 0) is 10.0 Å². The lowest BCUT2D eigenvalue weighted by Gasteiger charge is -2.34. The van der Waals surface area contributed by atoms with Crippen LogP contribution in [0.15, 0.2) is 48.1 Å². The monoisotopic (exact) mass is 435 g/mol. The Bertz CT molecular complexity index is 1360. The molecule has 4 aromatic rings. The van der Waals surface area contributed by atoms with E-state index < -0.39 is 10.0 Å². The lowest BCUT2D eigenvalue weighted by atomic mass is 10.1. The third-order valence-corrected chi connectivity index (χ3v) is 7.15. The van der Waals surface area contributed by atoms with Gasteiger partial charge in [-0.2, -0.15) is 14.7 Å². The number of H-pyrrole nitrogens is 2. The van der Waals surface area contributed by atoms with Crippen molar-refractivity contribution in [3.05, 3.63) is 48.8 Å². The van der Waals surface area contributed by atoms with Crippen LogP contribution in [0.3, 0.4) is 0 Å². The van der Waals surface area contributed by atoms with E-state index in [0.717, 1.165) is 11.4 Å². The molecule has 5 heterocycles. The quantitative estimate of drug-likeness (QED) is 0.485. The van der Waals surface area contributed by atoms with Crippen LogP contribution in [0.2, 0.25) is 0 Å². The number of rotatable bonds is 4. The van der Waals surface area contributed by atoms with Gasteiger partial charge in [-0.25, -0.2) is 23.4 Å². The normalized spacial score (nSPS) is 15.3. The molecule has 31 heavy (non-hydrogen) atoms. The van der Waals surface area contributed by atoms with Crippen LogP contribution >= 0.6 is 0 Å². The van der Waals surface area contributed by atoms with Gasteiger partial charge >= 0.3 is 0 Å². The number of nitrogens with one attached hydrogen (secondary N) is 2. The summed E-state index contributed by atoms with van der Waals surface area (Å²) >= 11 is 0. The van der Waals surface area contributed by atoms with Crippen molar-refractivity contribution < 1.29 is 8.42 Å². The molecule has 0 spiro atoms. The van der Waals surface area contributed by atoms with Gasteiger partial charge in [0.2, 0.25) is 10.0 Å². The van der Waals surface area contributed by atoms with E-state index in [0.29, 0.717) is 48.5 Å². The highest BCUT2D eigenvalue weighted by Crippen LogP contribution is 2.28. The van der Waals surface area contributed by atoms with Crippen molar-refractivity contribution in [2.45, 2.75) is 4.90 Å². The molecular formula is C19H17N9O2S. The fraction of sp³-hybridized carbons (Fsp3) is 0.211.